The number of nitrogens with zero attached hydrogens (tertiary/aromatic N) is 2. The van der Waals surface area contributed by atoms with Crippen molar-refractivity contribution in [3.63, 3.8) is 0 Å². The normalized spacial score (nSPS) is 15.5. The molecule has 2 heterocycles. The van der Waals surface area contributed by atoms with Gasteiger partial charge in [0.1, 0.15) is 6.33 Å². The second kappa shape index (κ2) is 16.5. The molecule has 0 amide bonds. The van der Waals surface area contributed by atoms with E-state index in [4.69, 9.17) is 1.37 Å². The zero-order valence-electron chi connectivity index (χ0n) is 29.7. The molecule has 1 aliphatic rings. The Labute approximate surface area is 299 Å². The molecule has 3 aromatic carbocycles. The number of ketones is 1. The molecule has 251 valence electrons. The summed E-state index contributed by atoms with van der Waals surface area (Å²) in [6.45, 7) is 12.9. The Morgan fingerprint density at radius 1 is 1.02 bits per heavy atom. The number of aromatic nitrogens is 2. The van der Waals surface area contributed by atoms with Crippen LogP contribution in [0.25, 0.3) is 42.3 Å². The van der Waals surface area contributed by atoms with E-state index in [2.05, 4.69) is 48.1 Å². The van der Waals surface area contributed by atoms with Gasteiger partial charge in [-0.3, -0.25) is 9.78 Å². The van der Waals surface area contributed by atoms with E-state index in [0.29, 0.717) is 17.4 Å². The van der Waals surface area contributed by atoms with Crippen LogP contribution in [0.15, 0.2) is 72.7 Å². The summed E-state index contributed by atoms with van der Waals surface area (Å²) in [6.07, 6.45) is 11.7. The molecule has 1 N–H and O–H groups in total. The molecule has 1 aliphatic carbocycles. The molecule has 1 saturated carbocycles. The van der Waals surface area contributed by atoms with E-state index in [1.54, 1.807) is 17.7 Å². The number of hydrogen-bond acceptors (Lipinski definition) is 5. The van der Waals surface area contributed by atoms with Crippen molar-refractivity contribution in [2.75, 3.05) is 0 Å². The number of carbonyl (C=O) groups is 1. The average Bonchev–Trinajstić information content (AvgIpc) is 3.44. The van der Waals surface area contributed by atoms with E-state index in [9.17, 15) is 9.90 Å². The molecule has 2 aromatic heterocycles. The van der Waals surface area contributed by atoms with Gasteiger partial charge in [0.2, 0.25) is 0 Å². The molecule has 0 spiro atoms. The van der Waals surface area contributed by atoms with E-state index in [-0.39, 0.29) is 43.5 Å². The number of hydrogen-bond donors (Lipinski definition) is 1. The Morgan fingerprint density at radius 2 is 1.70 bits per heavy atom. The topological polar surface area (TPSA) is 63.1 Å². The number of aliphatic hydroxyl groups is 1. The first kappa shape index (κ1) is 35.4. The minimum Gasteiger partial charge on any atom is -0.512 e. The third-order valence-electron chi connectivity index (χ3n) is 9.99. The summed E-state index contributed by atoms with van der Waals surface area (Å²) in [5.41, 5.74) is 4.67. The van der Waals surface area contributed by atoms with Gasteiger partial charge in [0.15, 0.2) is 5.78 Å². The zero-order valence-corrected chi connectivity index (χ0v) is 31.9. The van der Waals surface area contributed by atoms with Gasteiger partial charge in [-0.25, -0.2) is 4.98 Å². The molecule has 47 heavy (non-hydrogen) atoms. The van der Waals surface area contributed by atoms with E-state index < -0.39 is 0 Å². The Hall–Kier alpha value is -2.92. The number of fused-ring (bicyclic) bond motifs is 4. The van der Waals surface area contributed by atoms with Crippen molar-refractivity contribution in [1.29, 1.82) is 0 Å². The molecule has 1 fully saturated rings. The predicted molar refractivity (Wildman–Crippen MR) is 196 cm³/mol. The van der Waals surface area contributed by atoms with Crippen LogP contribution < -0.4 is 0 Å². The Balaban J connectivity index is 0.000000279. The second-order valence-electron chi connectivity index (χ2n) is 13.6. The molecule has 4 nitrogen and oxygen atoms in total. The summed E-state index contributed by atoms with van der Waals surface area (Å²) in [6, 6.07) is 20.8. The van der Waals surface area contributed by atoms with E-state index in [1.165, 1.54) is 47.4 Å². The molecule has 0 unspecified atom stereocenters. The molecule has 5 aromatic rings. The van der Waals surface area contributed by atoms with Gasteiger partial charge in [-0.1, -0.05) is 82.8 Å². The molecule has 0 saturated heterocycles. The van der Waals surface area contributed by atoms with Gasteiger partial charge in [0.25, 0.3) is 0 Å². The van der Waals surface area contributed by atoms with Crippen LogP contribution >= 0.6 is 11.3 Å². The largest absolute Gasteiger partial charge is 0.512 e. The monoisotopic (exact) mass is 827 g/mol. The molecule has 0 atom stereocenters. The van der Waals surface area contributed by atoms with Gasteiger partial charge >= 0.3 is 0 Å². The summed E-state index contributed by atoms with van der Waals surface area (Å²) < 4.78 is 10.8. The van der Waals surface area contributed by atoms with Crippen molar-refractivity contribution < 1.29 is 31.4 Å². The average molecular weight is 827 g/mol. The number of benzene rings is 3. The first-order valence-corrected chi connectivity index (χ1v) is 17.9. The number of thiophene rings is 1. The molecular weight excluding hydrogens is 777 g/mol. The van der Waals surface area contributed by atoms with Crippen LogP contribution in [-0.2, 0) is 24.9 Å². The maximum atomic E-state index is 11.7. The molecule has 0 aliphatic heterocycles. The van der Waals surface area contributed by atoms with E-state index in [0.717, 1.165) is 57.9 Å². The van der Waals surface area contributed by atoms with Crippen molar-refractivity contribution in [2.24, 2.45) is 17.3 Å². The fourth-order valence-corrected chi connectivity index (χ4v) is 7.93. The van der Waals surface area contributed by atoms with Gasteiger partial charge in [-0.15, -0.1) is 41.0 Å². The van der Waals surface area contributed by atoms with Gasteiger partial charge in [0.05, 0.1) is 11.3 Å². The number of allylic oxidation sites excluding steroid dienone is 2. The van der Waals surface area contributed by atoms with E-state index in [1.807, 2.05) is 58.0 Å². The standard InChI is InChI=1S/C28H25N2S.C13H24O2.Ir/c1-28(2)13-11-19(12-14-28)21-9-10-23-24(16-21)31-27-25(29-17-30-26(23)27)22-8-7-18-5-3-4-6-20(18)15-22;1-5-10(6-2)12(14)9-13(15)11(7-3)8-4;/h3-10,16-17,19H,11-14H2,1-2H3;9-11,14H,5-8H2,1-4H3;/q-1;;/b;12-9-;/i7D;;. The number of carbonyl (C=O) groups excluding carboxylic acids is 1. The Morgan fingerprint density at radius 3 is 2.38 bits per heavy atom. The predicted octanol–water partition coefficient (Wildman–Crippen LogP) is 12.0. The fraction of sp³-hybridized carbons (Fsp3) is 0.439. The first-order chi connectivity index (χ1) is 22.6. The summed E-state index contributed by atoms with van der Waals surface area (Å²) in [4.78, 5) is 21.0. The van der Waals surface area contributed by atoms with Crippen LogP contribution in [-0.4, -0.2) is 20.9 Å². The molecule has 6 heteroatoms. The first-order valence-electron chi connectivity index (χ1n) is 17.6. The number of aliphatic hydroxyl groups excluding tert-OH is 1. The van der Waals surface area contributed by atoms with Gasteiger partial charge in [-0.2, -0.15) is 0 Å². The van der Waals surface area contributed by atoms with Crippen molar-refractivity contribution in [3.8, 4) is 11.3 Å². The molecule has 0 bridgehead atoms. The molecular formula is C41H49IrN2O2S-. The van der Waals surface area contributed by atoms with Crippen molar-refractivity contribution in [1.82, 2.24) is 9.97 Å². The van der Waals surface area contributed by atoms with Gasteiger partial charge in [-0.05, 0) is 74.3 Å². The third-order valence-corrected chi connectivity index (χ3v) is 11.1. The fourth-order valence-electron chi connectivity index (χ4n) is 6.73. The van der Waals surface area contributed by atoms with Crippen LogP contribution in [0.3, 0.4) is 0 Å². The van der Waals surface area contributed by atoms with Crippen LogP contribution in [0, 0.1) is 23.3 Å². The Bertz CT molecular complexity index is 1880. The minimum atomic E-state index is 0. The Kier molecular flexibility index (Phi) is 12.4. The smallest absolute Gasteiger partial charge is 0.162 e. The van der Waals surface area contributed by atoms with Crippen LogP contribution in [0.4, 0.5) is 0 Å². The maximum absolute atomic E-state index is 11.7. The third kappa shape index (κ3) is 8.57. The van der Waals surface area contributed by atoms with Crippen LogP contribution in [0.5, 0.6) is 0 Å². The van der Waals surface area contributed by atoms with E-state index >= 15 is 0 Å². The SMILES string of the molecule is CCC(CC)C(=O)/C=C(\O)C(CC)CC.[2H]c1cc(-c2ncnc3c2sc2cc(C4CCC(C)(C)CC4)ccc23)[c-]c2ccccc12.[Ir]. The zero-order chi connectivity index (χ0) is 33.7. The quantitative estimate of drug-likeness (QED) is 0.0913. The van der Waals surface area contributed by atoms with Crippen molar-refractivity contribution >= 4 is 48.2 Å². The van der Waals surface area contributed by atoms with Gasteiger partial charge < -0.3 is 5.11 Å². The van der Waals surface area contributed by atoms with Crippen LogP contribution in [0.2, 0.25) is 0 Å². The van der Waals surface area contributed by atoms with Crippen molar-refractivity contribution in [3.05, 3.63) is 84.4 Å². The summed E-state index contributed by atoms with van der Waals surface area (Å²) in [7, 11) is 0. The summed E-state index contributed by atoms with van der Waals surface area (Å²) in [5.74, 6) is 1.20. The number of rotatable bonds is 9. The molecule has 6 rings (SSSR count). The molecule has 1 radical (unpaired) electrons. The van der Waals surface area contributed by atoms with Crippen LogP contribution in [0.1, 0.15) is 106 Å². The second-order valence-corrected chi connectivity index (χ2v) is 14.6. The maximum Gasteiger partial charge on any atom is 0.162 e. The van der Waals surface area contributed by atoms with Crippen molar-refractivity contribution in [2.45, 2.75) is 98.8 Å². The van der Waals surface area contributed by atoms with Gasteiger partial charge in [0, 0.05) is 59.9 Å². The summed E-state index contributed by atoms with van der Waals surface area (Å²) in [5, 5.41) is 12.8. The minimum absolute atomic E-state index is 0. The summed E-state index contributed by atoms with van der Waals surface area (Å²) >= 11 is 1.77.